The maximum absolute atomic E-state index is 13.7. The lowest BCUT2D eigenvalue weighted by molar-refractivity contribution is -0.141. The van der Waals surface area contributed by atoms with E-state index in [-0.39, 0.29) is 17.5 Å². The second-order valence-electron chi connectivity index (χ2n) is 5.97. The van der Waals surface area contributed by atoms with Crippen LogP contribution in [0.5, 0.6) is 0 Å². The number of hydrogen-bond acceptors (Lipinski definition) is 3. The van der Waals surface area contributed by atoms with E-state index < -0.39 is 29.7 Å². The molecule has 0 bridgehead atoms. The van der Waals surface area contributed by atoms with Gasteiger partial charge in [0.15, 0.2) is 0 Å². The highest BCUT2D eigenvalue weighted by atomic mass is 35.5. The molecule has 7 heteroatoms. The molecular weight excluding hydrogens is 325 g/mol. The van der Waals surface area contributed by atoms with Crippen molar-refractivity contribution in [2.75, 3.05) is 19.7 Å². The van der Waals surface area contributed by atoms with Crippen molar-refractivity contribution in [2.45, 2.75) is 18.9 Å². The number of amides is 1. The number of ether oxygens (including phenoxy) is 1. The molecule has 3 atom stereocenters. The van der Waals surface area contributed by atoms with Crippen molar-refractivity contribution in [2.24, 2.45) is 11.8 Å². The lowest BCUT2D eigenvalue weighted by Crippen LogP contribution is -2.36. The number of aliphatic carboxylic acids is 1. The van der Waals surface area contributed by atoms with Crippen LogP contribution >= 0.6 is 11.6 Å². The van der Waals surface area contributed by atoms with E-state index in [1.54, 1.807) is 11.0 Å². The average molecular weight is 342 g/mol. The van der Waals surface area contributed by atoms with Crippen LogP contribution in [0.25, 0.3) is 0 Å². The van der Waals surface area contributed by atoms with Gasteiger partial charge in [-0.3, -0.25) is 9.59 Å². The molecule has 2 aliphatic heterocycles. The van der Waals surface area contributed by atoms with E-state index >= 15 is 0 Å². The molecule has 124 valence electrons. The van der Waals surface area contributed by atoms with Crippen LogP contribution in [-0.4, -0.2) is 41.6 Å². The number of benzene rings is 1. The molecule has 0 saturated carbocycles. The smallest absolute Gasteiger partial charge is 0.308 e. The van der Waals surface area contributed by atoms with E-state index in [0.717, 1.165) is 0 Å². The van der Waals surface area contributed by atoms with Gasteiger partial charge in [0.1, 0.15) is 5.82 Å². The fraction of sp³-hybridized carbons (Fsp3) is 0.500. The molecule has 0 spiro atoms. The molecule has 2 fully saturated rings. The van der Waals surface area contributed by atoms with Crippen molar-refractivity contribution in [3.63, 3.8) is 0 Å². The Labute approximate surface area is 138 Å². The fourth-order valence-electron chi connectivity index (χ4n) is 3.26. The molecule has 5 nitrogen and oxygen atoms in total. The van der Waals surface area contributed by atoms with Crippen molar-refractivity contribution < 1.29 is 23.8 Å². The van der Waals surface area contributed by atoms with E-state index in [1.165, 1.54) is 12.1 Å². The summed E-state index contributed by atoms with van der Waals surface area (Å²) in [5.74, 6) is -2.46. The minimum atomic E-state index is -0.876. The highest BCUT2D eigenvalue weighted by molar-refractivity contribution is 6.30. The summed E-state index contributed by atoms with van der Waals surface area (Å²) < 4.78 is 19.3. The van der Waals surface area contributed by atoms with Crippen LogP contribution in [0.4, 0.5) is 4.39 Å². The van der Waals surface area contributed by atoms with Gasteiger partial charge in [0.05, 0.1) is 23.0 Å². The molecule has 1 amide bonds. The van der Waals surface area contributed by atoms with Gasteiger partial charge in [-0.05, 0) is 30.5 Å². The summed E-state index contributed by atoms with van der Waals surface area (Å²) in [5, 5.41) is 9.07. The predicted octanol–water partition coefficient (Wildman–Crippen LogP) is 2.49. The third kappa shape index (κ3) is 3.19. The largest absolute Gasteiger partial charge is 0.481 e. The maximum Gasteiger partial charge on any atom is 0.308 e. The Hall–Kier alpha value is -1.66. The Kier molecular flexibility index (Phi) is 4.55. The number of hydrogen-bond donors (Lipinski definition) is 1. The molecule has 1 unspecified atom stereocenters. The summed E-state index contributed by atoms with van der Waals surface area (Å²) >= 11 is 5.69. The standard InChI is InChI=1S/C16H17ClFNO4/c17-12-2-1-9(7-13(12)18)14-11(4-6-23-14)15(20)19-5-3-10(8-19)16(21)22/h1-2,7,10-11,14H,3-6,8H2,(H,21,22)/t10?,11-,14+/m1/s1. The van der Waals surface area contributed by atoms with Crippen molar-refractivity contribution >= 4 is 23.5 Å². The third-order valence-corrected chi connectivity index (χ3v) is 4.84. The molecule has 3 rings (SSSR count). The van der Waals surface area contributed by atoms with Gasteiger partial charge < -0.3 is 14.7 Å². The second-order valence-corrected chi connectivity index (χ2v) is 6.38. The number of rotatable bonds is 3. The molecule has 2 saturated heterocycles. The first-order valence-corrected chi connectivity index (χ1v) is 7.93. The first-order chi connectivity index (χ1) is 11.0. The highest BCUT2D eigenvalue weighted by Gasteiger charge is 2.40. The topological polar surface area (TPSA) is 66.8 Å². The Bertz CT molecular complexity index is 639. The molecule has 1 N–H and O–H groups in total. The number of halogens is 2. The van der Waals surface area contributed by atoms with E-state index in [9.17, 15) is 14.0 Å². The molecule has 23 heavy (non-hydrogen) atoms. The quantitative estimate of drug-likeness (QED) is 0.917. The van der Waals surface area contributed by atoms with Gasteiger partial charge in [-0.2, -0.15) is 0 Å². The summed E-state index contributed by atoms with van der Waals surface area (Å²) in [6, 6.07) is 4.40. The van der Waals surface area contributed by atoms with Gasteiger partial charge in [0.2, 0.25) is 5.91 Å². The summed E-state index contributed by atoms with van der Waals surface area (Å²) in [6.07, 6.45) is 0.495. The molecule has 0 aromatic heterocycles. The molecule has 2 heterocycles. The van der Waals surface area contributed by atoms with Crippen molar-refractivity contribution in [1.29, 1.82) is 0 Å². The molecule has 0 aliphatic carbocycles. The van der Waals surface area contributed by atoms with E-state index in [2.05, 4.69) is 0 Å². The summed E-state index contributed by atoms with van der Waals surface area (Å²) in [4.78, 5) is 25.3. The zero-order chi connectivity index (χ0) is 16.6. The first kappa shape index (κ1) is 16.2. The van der Waals surface area contributed by atoms with Crippen LogP contribution in [0.1, 0.15) is 24.5 Å². The predicted molar refractivity (Wildman–Crippen MR) is 80.5 cm³/mol. The Morgan fingerprint density at radius 1 is 1.35 bits per heavy atom. The normalized spacial score (nSPS) is 27.4. The Morgan fingerprint density at radius 3 is 2.78 bits per heavy atom. The number of carbonyl (C=O) groups is 2. The van der Waals surface area contributed by atoms with Gasteiger partial charge in [-0.1, -0.05) is 17.7 Å². The van der Waals surface area contributed by atoms with E-state index in [4.69, 9.17) is 21.4 Å². The van der Waals surface area contributed by atoms with Gasteiger partial charge in [-0.25, -0.2) is 4.39 Å². The summed E-state index contributed by atoms with van der Waals surface area (Å²) in [6.45, 7) is 1.09. The van der Waals surface area contributed by atoms with Crippen LogP contribution < -0.4 is 0 Å². The van der Waals surface area contributed by atoms with Gasteiger partial charge in [-0.15, -0.1) is 0 Å². The minimum absolute atomic E-state index is 0.0264. The lowest BCUT2D eigenvalue weighted by Gasteiger charge is -2.24. The van der Waals surface area contributed by atoms with Crippen molar-refractivity contribution in [3.8, 4) is 0 Å². The van der Waals surface area contributed by atoms with Crippen LogP contribution in [0.15, 0.2) is 18.2 Å². The van der Waals surface area contributed by atoms with Crippen LogP contribution in [0.3, 0.4) is 0 Å². The van der Waals surface area contributed by atoms with Gasteiger partial charge in [0.25, 0.3) is 0 Å². The maximum atomic E-state index is 13.7. The van der Waals surface area contributed by atoms with Gasteiger partial charge in [0, 0.05) is 19.7 Å². The first-order valence-electron chi connectivity index (χ1n) is 7.55. The van der Waals surface area contributed by atoms with E-state index in [1.807, 2.05) is 0 Å². The average Bonchev–Trinajstić information content (AvgIpc) is 3.18. The number of likely N-dealkylation sites (tertiary alicyclic amines) is 1. The van der Waals surface area contributed by atoms with Crippen molar-refractivity contribution in [3.05, 3.63) is 34.6 Å². The number of nitrogens with zero attached hydrogens (tertiary/aromatic N) is 1. The SMILES string of the molecule is O=C(O)C1CCN(C(=O)[C@@H]2CCO[C@H]2c2ccc(Cl)c(F)c2)C1. The van der Waals surface area contributed by atoms with Crippen LogP contribution in [-0.2, 0) is 14.3 Å². The monoisotopic (exact) mass is 341 g/mol. The van der Waals surface area contributed by atoms with Crippen LogP contribution in [0, 0.1) is 17.7 Å². The van der Waals surface area contributed by atoms with Gasteiger partial charge >= 0.3 is 5.97 Å². The van der Waals surface area contributed by atoms with Crippen LogP contribution in [0.2, 0.25) is 5.02 Å². The number of carboxylic acids is 1. The van der Waals surface area contributed by atoms with Crippen molar-refractivity contribution in [1.82, 2.24) is 4.90 Å². The minimum Gasteiger partial charge on any atom is -0.481 e. The highest BCUT2D eigenvalue weighted by Crippen LogP contribution is 2.37. The zero-order valence-electron chi connectivity index (χ0n) is 12.4. The zero-order valence-corrected chi connectivity index (χ0v) is 13.1. The molecule has 0 radical (unpaired) electrons. The second kappa shape index (κ2) is 6.45. The summed E-state index contributed by atoms with van der Waals surface area (Å²) in [5.41, 5.74) is 0.580. The Morgan fingerprint density at radius 2 is 2.13 bits per heavy atom. The number of carboxylic acid groups (broad SMARTS) is 1. The van der Waals surface area contributed by atoms with E-state index in [0.29, 0.717) is 31.6 Å². The molecule has 2 aliphatic rings. The molecule has 1 aromatic carbocycles. The molecule has 1 aromatic rings. The fourth-order valence-corrected chi connectivity index (χ4v) is 3.37. The lowest BCUT2D eigenvalue weighted by atomic mass is 9.94. The summed E-state index contributed by atoms with van der Waals surface area (Å²) in [7, 11) is 0. The molecular formula is C16H17ClFNO4. The Balaban J connectivity index is 1.75. The number of carbonyl (C=O) groups excluding carboxylic acids is 1. The third-order valence-electron chi connectivity index (χ3n) is 4.53.